The summed E-state index contributed by atoms with van der Waals surface area (Å²) in [6.07, 6.45) is 0.672. The molecule has 1 aliphatic carbocycles. The zero-order chi connectivity index (χ0) is 13.5. The number of para-hydroxylation sites is 1. The number of nitrogens with two attached hydrogens (primary N) is 1. The molecule has 0 radical (unpaired) electrons. The Morgan fingerprint density at radius 3 is 2.67 bits per heavy atom. The van der Waals surface area contributed by atoms with Gasteiger partial charge in [0.05, 0.1) is 4.92 Å². The van der Waals surface area contributed by atoms with Gasteiger partial charge in [0.15, 0.2) is 5.75 Å². The van der Waals surface area contributed by atoms with Crippen molar-refractivity contribution in [1.29, 1.82) is 0 Å². The van der Waals surface area contributed by atoms with Gasteiger partial charge in [-0.3, -0.25) is 10.1 Å². The van der Waals surface area contributed by atoms with E-state index in [1.807, 2.05) is 13.8 Å². The first-order chi connectivity index (χ1) is 8.34. The number of benzene rings is 1. The predicted octanol–water partition coefficient (Wildman–Crippen LogP) is 2.41. The van der Waals surface area contributed by atoms with Crippen LogP contribution >= 0.6 is 0 Å². The Morgan fingerprint density at radius 2 is 2.17 bits per heavy atom. The summed E-state index contributed by atoms with van der Waals surface area (Å²) in [5.74, 6) is 0.338. The highest BCUT2D eigenvalue weighted by Gasteiger charge is 2.48. The van der Waals surface area contributed by atoms with E-state index in [1.54, 1.807) is 25.1 Å². The van der Waals surface area contributed by atoms with E-state index in [0.29, 0.717) is 11.3 Å². The fourth-order valence-corrected chi connectivity index (χ4v) is 2.23. The highest BCUT2D eigenvalue weighted by atomic mass is 16.6. The summed E-state index contributed by atoms with van der Waals surface area (Å²) >= 11 is 0. The van der Waals surface area contributed by atoms with Gasteiger partial charge in [-0.15, -0.1) is 0 Å². The van der Waals surface area contributed by atoms with Crippen molar-refractivity contribution in [3.05, 3.63) is 33.9 Å². The maximum Gasteiger partial charge on any atom is 0.313 e. The van der Waals surface area contributed by atoms with Gasteiger partial charge >= 0.3 is 5.69 Å². The molecule has 2 N–H and O–H groups in total. The van der Waals surface area contributed by atoms with E-state index in [2.05, 4.69) is 0 Å². The van der Waals surface area contributed by atoms with Crippen LogP contribution in [0.25, 0.3) is 0 Å². The van der Waals surface area contributed by atoms with Crippen LogP contribution in [0.5, 0.6) is 5.75 Å². The predicted molar refractivity (Wildman–Crippen MR) is 68.6 cm³/mol. The topological polar surface area (TPSA) is 78.4 Å². The second kappa shape index (κ2) is 4.24. The molecule has 2 unspecified atom stereocenters. The number of hydrogen-bond donors (Lipinski definition) is 1. The van der Waals surface area contributed by atoms with Gasteiger partial charge in [-0.2, -0.15) is 0 Å². The molecule has 1 aromatic rings. The van der Waals surface area contributed by atoms with E-state index in [-0.39, 0.29) is 23.2 Å². The summed E-state index contributed by atoms with van der Waals surface area (Å²) in [5.41, 5.74) is 6.43. The van der Waals surface area contributed by atoms with E-state index >= 15 is 0 Å². The lowest BCUT2D eigenvalue weighted by molar-refractivity contribution is -0.386. The molecule has 1 aromatic carbocycles. The van der Waals surface area contributed by atoms with Crippen LogP contribution in [0, 0.1) is 22.5 Å². The summed E-state index contributed by atoms with van der Waals surface area (Å²) in [6, 6.07) is 5.21. The summed E-state index contributed by atoms with van der Waals surface area (Å²) in [6.45, 7) is 5.75. The van der Waals surface area contributed by atoms with Crippen LogP contribution in [0.15, 0.2) is 18.2 Å². The summed E-state index contributed by atoms with van der Waals surface area (Å²) < 4.78 is 5.79. The Morgan fingerprint density at radius 1 is 1.50 bits per heavy atom. The van der Waals surface area contributed by atoms with Crippen molar-refractivity contribution in [2.75, 3.05) is 0 Å². The van der Waals surface area contributed by atoms with E-state index in [0.717, 1.165) is 6.42 Å². The average molecular weight is 250 g/mol. The maximum atomic E-state index is 11.1. The van der Waals surface area contributed by atoms with Crippen LogP contribution in [0.4, 0.5) is 5.69 Å². The number of aryl methyl sites for hydroxylation is 1. The van der Waals surface area contributed by atoms with Gasteiger partial charge in [0.2, 0.25) is 0 Å². The van der Waals surface area contributed by atoms with E-state index in [1.165, 1.54) is 0 Å². The third kappa shape index (κ3) is 1.95. The molecule has 5 heteroatoms. The van der Waals surface area contributed by atoms with Crippen molar-refractivity contribution in [3.63, 3.8) is 0 Å². The Labute approximate surface area is 106 Å². The molecule has 0 heterocycles. The quantitative estimate of drug-likeness (QED) is 0.660. The van der Waals surface area contributed by atoms with Gasteiger partial charge in [0, 0.05) is 23.4 Å². The number of hydrogen-bond acceptors (Lipinski definition) is 4. The zero-order valence-electron chi connectivity index (χ0n) is 10.8. The molecule has 1 aliphatic rings. The molecule has 0 spiro atoms. The van der Waals surface area contributed by atoms with Crippen LogP contribution in [0.3, 0.4) is 0 Å². The van der Waals surface area contributed by atoms with Crippen LogP contribution < -0.4 is 10.5 Å². The fraction of sp³-hybridized carbons (Fsp3) is 0.538. The van der Waals surface area contributed by atoms with E-state index in [4.69, 9.17) is 10.5 Å². The smallest absolute Gasteiger partial charge is 0.313 e. The second-order valence-electron chi connectivity index (χ2n) is 5.45. The lowest BCUT2D eigenvalue weighted by Gasteiger charge is -2.49. The molecular formula is C13H18N2O3. The molecule has 1 fully saturated rings. The highest BCUT2D eigenvalue weighted by Crippen LogP contribution is 2.43. The van der Waals surface area contributed by atoms with Gasteiger partial charge in [-0.25, -0.2) is 0 Å². The molecule has 2 atom stereocenters. The van der Waals surface area contributed by atoms with Gasteiger partial charge in [-0.1, -0.05) is 26.0 Å². The number of nitro groups is 1. The molecular weight excluding hydrogens is 232 g/mol. The van der Waals surface area contributed by atoms with Gasteiger partial charge < -0.3 is 10.5 Å². The number of rotatable bonds is 3. The molecule has 0 aromatic heterocycles. The second-order valence-corrected chi connectivity index (χ2v) is 5.45. The molecule has 0 saturated heterocycles. The molecule has 1 saturated carbocycles. The van der Waals surface area contributed by atoms with Crippen molar-refractivity contribution in [2.24, 2.45) is 11.1 Å². The lowest BCUT2D eigenvalue weighted by atomic mass is 9.65. The van der Waals surface area contributed by atoms with Crippen LogP contribution in [-0.2, 0) is 0 Å². The molecule has 2 rings (SSSR count). The van der Waals surface area contributed by atoms with Crippen molar-refractivity contribution in [2.45, 2.75) is 39.3 Å². The zero-order valence-corrected chi connectivity index (χ0v) is 10.8. The van der Waals surface area contributed by atoms with Crippen LogP contribution in [0.1, 0.15) is 25.8 Å². The fourth-order valence-electron chi connectivity index (χ4n) is 2.23. The molecule has 0 bridgehead atoms. The Kier molecular flexibility index (Phi) is 3.02. The maximum absolute atomic E-state index is 11.1. The first-order valence-electron chi connectivity index (χ1n) is 6.00. The first-order valence-corrected chi connectivity index (χ1v) is 6.00. The Bertz CT molecular complexity index is 485. The molecule has 18 heavy (non-hydrogen) atoms. The van der Waals surface area contributed by atoms with Crippen molar-refractivity contribution in [1.82, 2.24) is 0 Å². The van der Waals surface area contributed by atoms with E-state index < -0.39 is 4.92 Å². The number of nitrogens with zero attached hydrogens (tertiary/aromatic N) is 1. The molecule has 0 amide bonds. The number of ether oxygens (including phenoxy) is 1. The normalized spacial score (nSPS) is 25.3. The minimum absolute atomic E-state index is 0.0498. The van der Waals surface area contributed by atoms with Crippen LogP contribution in [0.2, 0.25) is 0 Å². The van der Waals surface area contributed by atoms with Gasteiger partial charge in [-0.05, 0) is 13.0 Å². The minimum Gasteiger partial charge on any atom is -0.483 e. The largest absolute Gasteiger partial charge is 0.483 e. The Hall–Kier alpha value is -1.62. The lowest BCUT2D eigenvalue weighted by Crippen LogP contribution is -2.60. The van der Waals surface area contributed by atoms with Crippen molar-refractivity contribution >= 4 is 5.69 Å². The first kappa shape index (κ1) is 12.8. The third-order valence-corrected chi connectivity index (χ3v) is 3.91. The molecule has 0 aliphatic heterocycles. The Balaban J connectivity index is 2.26. The summed E-state index contributed by atoms with van der Waals surface area (Å²) in [5, 5.41) is 11.1. The van der Waals surface area contributed by atoms with Crippen molar-refractivity contribution < 1.29 is 9.66 Å². The van der Waals surface area contributed by atoms with E-state index in [9.17, 15) is 10.1 Å². The average Bonchev–Trinajstić information content (AvgIpc) is 2.28. The third-order valence-electron chi connectivity index (χ3n) is 3.91. The molecule has 5 nitrogen and oxygen atoms in total. The molecule has 98 valence electrons. The van der Waals surface area contributed by atoms with Crippen molar-refractivity contribution in [3.8, 4) is 5.75 Å². The highest BCUT2D eigenvalue weighted by molar-refractivity contribution is 5.52. The SMILES string of the molecule is Cc1cccc(OC2CC(N)C2(C)C)c1[N+](=O)[O-]. The standard InChI is InChI=1S/C13H18N2O3/c1-8-5-4-6-9(12(8)15(16)17)18-11-7-10(14)13(11,2)3/h4-6,10-11H,7,14H2,1-3H3. The van der Waals surface area contributed by atoms with Crippen LogP contribution in [-0.4, -0.2) is 17.1 Å². The van der Waals surface area contributed by atoms with Gasteiger partial charge in [0.25, 0.3) is 0 Å². The monoisotopic (exact) mass is 250 g/mol. The number of nitro benzene ring substituents is 1. The summed E-state index contributed by atoms with van der Waals surface area (Å²) in [7, 11) is 0. The minimum atomic E-state index is -0.393. The summed E-state index contributed by atoms with van der Waals surface area (Å²) in [4.78, 5) is 10.7. The van der Waals surface area contributed by atoms with Gasteiger partial charge in [0.1, 0.15) is 6.10 Å².